The number of halogens is 4. The van der Waals surface area contributed by atoms with Gasteiger partial charge >= 0.3 is 6.18 Å². The van der Waals surface area contributed by atoms with E-state index in [9.17, 15) is 26.4 Å². The molecule has 11 heteroatoms. The number of amides is 1. The van der Waals surface area contributed by atoms with Crippen molar-refractivity contribution >= 4 is 27.5 Å². The largest absolute Gasteiger partial charge is 0.416 e. The summed E-state index contributed by atoms with van der Waals surface area (Å²) in [6, 6.07) is 1.70. The topological polar surface area (TPSA) is 83.7 Å². The van der Waals surface area contributed by atoms with Crippen molar-refractivity contribution in [1.82, 2.24) is 9.21 Å². The summed E-state index contributed by atoms with van der Waals surface area (Å²) < 4.78 is 65.2. The SMILES string of the molecule is CCC(C(N)=O)N1CCN(S(=O)(=O)c2cc(C(F)(F)F)ccc2Cl)CC1. The molecule has 2 rings (SSSR count). The summed E-state index contributed by atoms with van der Waals surface area (Å²) >= 11 is 5.85. The number of nitrogens with two attached hydrogens (primary N) is 1. The number of hydrogen-bond donors (Lipinski definition) is 1. The predicted octanol–water partition coefficient (Wildman–Crippen LogP) is 1.93. The molecule has 0 radical (unpaired) electrons. The molecule has 2 N–H and O–H groups in total. The molecule has 1 heterocycles. The van der Waals surface area contributed by atoms with Crippen LogP contribution in [0.15, 0.2) is 23.1 Å². The van der Waals surface area contributed by atoms with E-state index in [2.05, 4.69) is 0 Å². The van der Waals surface area contributed by atoms with Crippen molar-refractivity contribution in [3.8, 4) is 0 Å². The van der Waals surface area contributed by atoms with E-state index in [0.29, 0.717) is 12.5 Å². The first-order valence-electron chi connectivity index (χ1n) is 7.88. The average Bonchev–Trinajstić information content (AvgIpc) is 2.54. The lowest BCUT2D eigenvalue weighted by Gasteiger charge is -2.37. The molecular weight excluding hydrogens is 395 g/mol. The zero-order valence-corrected chi connectivity index (χ0v) is 15.5. The van der Waals surface area contributed by atoms with Gasteiger partial charge in [0.1, 0.15) is 4.90 Å². The van der Waals surface area contributed by atoms with Crippen molar-refractivity contribution in [3.05, 3.63) is 28.8 Å². The van der Waals surface area contributed by atoms with Crippen LogP contribution in [0.2, 0.25) is 5.02 Å². The fourth-order valence-corrected chi connectivity index (χ4v) is 4.83. The minimum absolute atomic E-state index is 0.0265. The Balaban J connectivity index is 2.24. The lowest BCUT2D eigenvalue weighted by Crippen LogP contribution is -2.55. The molecule has 0 saturated carbocycles. The quantitative estimate of drug-likeness (QED) is 0.799. The third-order valence-electron chi connectivity index (χ3n) is 4.31. The van der Waals surface area contributed by atoms with Gasteiger partial charge in [0.05, 0.1) is 16.6 Å². The van der Waals surface area contributed by atoms with Crippen molar-refractivity contribution < 1.29 is 26.4 Å². The van der Waals surface area contributed by atoms with Crippen LogP contribution in [0.5, 0.6) is 0 Å². The van der Waals surface area contributed by atoms with Crippen LogP contribution < -0.4 is 5.73 Å². The number of piperazine rings is 1. The minimum atomic E-state index is -4.68. The molecule has 6 nitrogen and oxygen atoms in total. The molecule has 1 saturated heterocycles. The molecule has 1 aliphatic heterocycles. The van der Waals surface area contributed by atoms with E-state index in [-0.39, 0.29) is 31.2 Å². The van der Waals surface area contributed by atoms with E-state index in [4.69, 9.17) is 17.3 Å². The third kappa shape index (κ3) is 4.30. The molecule has 1 aromatic carbocycles. The highest BCUT2D eigenvalue weighted by Gasteiger charge is 2.36. The summed E-state index contributed by atoms with van der Waals surface area (Å²) in [7, 11) is -4.19. The van der Waals surface area contributed by atoms with Gasteiger partial charge in [0.25, 0.3) is 0 Å². The number of benzene rings is 1. The fraction of sp³-hybridized carbons (Fsp3) is 0.533. The van der Waals surface area contributed by atoms with Gasteiger partial charge in [0.15, 0.2) is 0 Å². The minimum Gasteiger partial charge on any atom is -0.368 e. The summed E-state index contributed by atoms with van der Waals surface area (Å²) in [6.07, 6.45) is -4.19. The molecule has 26 heavy (non-hydrogen) atoms. The van der Waals surface area contributed by atoms with Gasteiger partial charge in [0, 0.05) is 26.2 Å². The molecule has 146 valence electrons. The van der Waals surface area contributed by atoms with E-state index in [1.165, 1.54) is 0 Å². The molecule has 0 bridgehead atoms. The fourth-order valence-electron chi connectivity index (χ4n) is 2.91. The molecule has 1 aliphatic rings. The molecule has 1 unspecified atom stereocenters. The zero-order chi connectivity index (χ0) is 19.7. The summed E-state index contributed by atoms with van der Waals surface area (Å²) in [6.45, 7) is 2.34. The average molecular weight is 414 g/mol. The predicted molar refractivity (Wildman–Crippen MR) is 90.1 cm³/mol. The molecule has 1 fully saturated rings. The Labute approximate surface area is 154 Å². The highest BCUT2D eigenvalue weighted by atomic mass is 35.5. The number of carbonyl (C=O) groups is 1. The van der Waals surface area contributed by atoms with Gasteiger partial charge in [-0.2, -0.15) is 17.5 Å². The summed E-state index contributed by atoms with van der Waals surface area (Å²) in [4.78, 5) is 12.6. The van der Waals surface area contributed by atoms with Gasteiger partial charge in [-0.25, -0.2) is 8.42 Å². The van der Waals surface area contributed by atoms with Gasteiger partial charge in [0.2, 0.25) is 15.9 Å². The number of primary amides is 1. The maximum Gasteiger partial charge on any atom is 0.416 e. The van der Waals surface area contributed by atoms with Crippen LogP contribution in [0.4, 0.5) is 13.2 Å². The molecule has 0 aromatic heterocycles. The number of hydrogen-bond acceptors (Lipinski definition) is 4. The molecule has 1 amide bonds. The molecule has 0 spiro atoms. The monoisotopic (exact) mass is 413 g/mol. The second-order valence-corrected chi connectivity index (χ2v) is 8.22. The normalized spacial score (nSPS) is 18.7. The van der Waals surface area contributed by atoms with Crippen molar-refractivity contribution in [2.24, 2.45) is 5.73 Å². The molecular formula is C15H19ClF3N3O3S. The Morgan fingerprint density at radius 2 is 1.85 bits per heavy atom. The number of carbonyl (C=O) groups excluding carboxylic acids is 1. The van der Waals surface area contributed by atoms with Gasteiger partial charge in [-0.05, 0) is 24.6 Å². The number of alkyl halides is 3. The summed E-state index contributed by atoms with van der Waals surface area (Å²) in [5.74, 6) is -0.496. The highest BCUT2D eigenvalue weighted by Crippen LogP contribution is 2.34. The summed E-state index contributed by atoms with van der Waals surface area (Å²) in [5, 5.41) is -0.274. The summed E-state index contributed by atoms with van der Waals surface area (Å²) in [5.41, 5.74) is 4.25. The van der Waals surface area contributed by atoms with Gasteiger partial charge < -0.3 is 5.73 Å². The van der Waals surface area contributed by atoms with E-state index >= 15 is 0 Å². The van der Waals surface area contributed by atoms with E-state index in [1.807, 2.05) is 0 Å². The lowest BCUT2D eigenvalue weighted by molar-refractivity contribution is -0.137. The third-order valence-corrected chi connectivity index (χ3v) is 6.69. The maximum absolute atomic E-state index is 12.9. The molecule has 0 aliphatic carbocycles. The Morgan fingerprint density at radius 1 is 1.27 bits per heavy atom. The molecule has 1 atom stereocenters. The maximum atomic E-state index is 12.9. The zero-order valence-electron chi connectivity index (χ0n) is 14.0. The smallest absolute Gasteiger partial charge is 0.368 e. The van der Waals surface area contributed by atoms with Crippen LogP contribution in [0, 0.1) is 0 Å². The molecule has 1 aromatic rings. The second kappa shape index (κ2) is 7.71. The Hall–Kier alpha value is -1.36. The van der Waals surface area contributed by atoms with Crippen LogP contribution in [0.3, 0.4) is 0 Å². The van der Waals surface area contributed by atoms with Crippen LogP contribution >= 0.6 is 11.6 Å². The first kappa shape index (κ1) is 20.9. The number of rotatable bonds is 5. The highest BCUT2D eigenvalue weighted by molar-refractivity contribution is 7.89. The standard InChI is InChI=1S/C15H19ClF3N3O3S/c1-2-12(14(20)23)21-5-7-22(8-6-21)26(24,25)13-9-10(15(17,18)19)3-4-11(13)16/h3-4,9,12H,2,5-8H2,1H3,(H2,20,23). The Bertz CT molecular complexity index is 778. The van der Waals surface area contributed by atoms with Crippen molar-refractivity contribution in [2.75, 3.05) is 26.2 Å². The van der Waals surface area contributed by atoms with Crippen molar-refractivity contribution in [1.29, 1.82) is 0 Å². The number of nitrogens with zero attached hydrogens (tertiary/aromatic N) is 2. The van der Waals surface area contributed by atoms with Crippen molar-refractivity contribution in [2.45, 2.75) is 30.5 Å². The van der Waals surface area contributed by atoms with E-state index in [0.717, 1.165) is 16.4 Å². The first-order chi connectivity index (χ1) is 12.0. The first-order valence-corrected chi connectivity index (χ1v) is 9.70. The van der Waals surface area contributed by atoms with E-state index in [1.54, 1.807) is 11.8 Å². The van der Waals surface area contributed by atoms with Gasteiger partial charge in [-0.1, -0.05) is 18.5 Å². The Kier molecular flexibility index (Phi) is 6.21. The van der Waals surface area contributed by atoms with Gasteiger partial charge in [-0.15, -0.1) is 0 Å². The second-order valence-electron chi connectivity index (χ2n) is 5.91. The van der Waals surface area contributed by atoms with Crippen LogP contribution in [0.25, 0.3) is 0 Å². The Morgan fingerprint density at radius 3 is 2.31 bits per heavy atom. The van der Waals surface area contributed by atoms with Crippen LogP contribution in [-0.2, 0) is 21.0 Å². The van der Waals surface area contributed by atoms with Crippen LogP contribution in [-0.4, -0.2) is 55.8 Å². The van der Waals surface area contributed by atoms with Crippen molar-refractivity contribution in [3.63, 3.8) is 0 Å². The van der Waals surface area contributed by atoms with Gasteiger partial charge in [-0.3, -0.25) is 9.69 Å². The van der Waals surface area contributed by atoms with E-state index < -0.39 is 38.6 Å². The lowest BCUT2D eigenvalue weighted by atomic mass is 10.1. The van der Waals surface area contributed by atoms with Crippen LogP contribution in [0.1, 0.15) is 18.9 Å². The number of sulfonamides is 1.